The third-order valence-electron chi connectivity index (χ3n) is 6.54. The van der Waals surface area contributed by atoms with Crippen LogP contribution in [0.3, 0.4) is 0 Å². The summed E-state index contributed by atoms with van der Waals surface area (Å²) < 4.78 is 28.4. The first-order valence-electron chi connectivity index (χ1n) is 13.4. The van der Waals surface area contributed by atoms with Crippen LogP contribution >= 0.6 is 0 Å². The zero-order valence-electron chi connectivity index (χ0n) is 23.1. The Labute approximate surface area is 234 Å². The fourth-order valence-electron chi connectivity index (χ4n) is 4.55. The van der Waals surface area contributed by atoms with E-state index in [-0.39, 0.29) is 17.9 Å². The lowest BCUT2D eigenvalue weighted by Gasteiger charge is -2.27. The Balaban J connectivity index is 1.58. The first-order valence-corrected chi connectivity index (χ1v) is 13.4. The van der Waals surface area contributed by atoms with Gasteiger partial charge in [0.25, 0.3) is 0 Å². The molecule has 0 saturated heterocycles. The molecule has 1 heterocycles. The molecule has 4 rings (SSSR count). The molecule has 0 bridgehead atoms. The van der Waals surface area contributed by atoms with Crippen molar-refractivity contribution in [1.29, 1.82) is 5.26 Å². The van der Waals surface area contributed by atoms with Crippen molar-refractivity contribution >= 4 is 5.97 Å². The largest absolute Gasteiger partial charge is 0.497 e. The van der Waals surface area contributed by atoms with E-state index in [1.165, 1.54) is 0 Å². The van der Waals surface area contributed by atoms with Crippen LogP contribution in [0.5, 0.6) is 28.7 Å². The van der Waals surface area contributed by atoms with Crippen molar-refractivity contribution in [3.8, 4) is 34.8 Å². The smallest absolute Gasteiger partial charge is 0.315 e. The molecule has 2 N–H and O–H groups in total. The summed E-state index contributed by atoms with van der Waals surface area (Å²) >= 11 is 0. The van der Waals surface area contributed by atoms with Crippen molar-refractivity contribution in [2.45, 2.75) is 45.4 Å². The van der Waals surface area contributed by atoms with Gasteiger partial charge in [0, 0.05) is 11.6 Å². The third-order valence-corrected chi connectivity index (χ3v) is 6.54. The molecular formula is C32H34N2O6. The highest BCUT2D eigenvalue weighted by molar-refractivity contribution is 5.75. The van der Waals surface area contributed by atoms with E-state index in [9.17, 15) is 10.1 Å². The van der Waals surface area contributed by atoms with Gasteiger partial charge >= 0.3 is 5.97 Å². The van der Waals surface area contributed by atoms with Crippen LogP contribution in [-0.2, 0) is 11.2 Å². The summed E-state index contributed by atoms with van der Waals surface area (Å²) in [6.45, 7) is 5.12. The van der Waals surface area contributed by atoms with Crippen molar-refractivity contribution in [3.63, 3.8) is 0 Å². The van der Waals surface area contributed by atoms with Crippen LogP contribution in [0.4, 0.5) is 0 Å². The fraction of sp³-hybridized carbons (Fsp3) is 0.312. The highest BCUT2D eigenvalue weighted by Gasteiger charge is 2.32. The Morgan fingerprint density at radius 2 is 1.75 bits per heavy atom. The molecule has 0 saturated carbocycles. The number of benzene rings is 3. The minimum absolute atomic E-state index is 0.000406. The van der Waals surface area contributed by atoms with Gasteiger partial charge in [-0.3, -0.25) is 4.79 Å². The van der Waals surface area contributed by atoms with Gasteiger partial charge in [-0.2, -0.15) is 5.26 Å². The number of nitrogens with zero attached hydrogens (tertiary/aromatic N) is 1. The van der Waals surface area contributed by atoms with Crippen molar-refractivity contribution < 1.29 is 28.5 Å². The van der Waals surface area contributed by atoms with E-state index in [1.807, 2.05) is 37.3 Å². The average molecular weight is 543 g/mol. The molecule has 8 heteroatoms. The number of unbranched alkanes of at least 4 members (excludes halogenated alkanes) is 2. The zero-order valence-corrected chi connectivity index (χ0v) is 23.1. The van der Waals surface area contributed by atoms with Gasteiger partial charge in [0.2, 0.25) is 5.88 Å². The van der Waals surface area contributed by atoms with E-state index in [0.717, 1.165) is 36.0 Å². The van der Waals surface area contributed by atoms with Gasteiger partial charge in [0.1, 0.15) is 28.9 Å². The maximum Gasteiger partial charge on any atom is 0.315 e. The van der Waals surface area contributed by atoms with Crippen molar-refractivity contribution in [2.24, 2.45) is 5.73 Å². The normalized spacial score (nSPS) is 14.0. The number of rotatable bonds is 12. The zero-order chi connectivity index (χ0) is 28.5. The van der Waals surface area contributed by atoms with Crippen LogP contribution in [-0.4, -0.2) is 26.3 Å². The van der Waals surface area contributed by atoms with Gasteiger partial charge in [-0.15, -0.1) is 0 Å². The van der Waals surface area contributed by atoms with E-state index >= 15 is 0 Å². The van der Waals surface area contributed by atoms with Crippen molar-refractivity contribution in [2.75, 3.05) is 20.3 Å². The van der Waals surface area contributed by atoms with Gasteiger partial charge in [-0.25, -0.2) is 0 Å². The predicted octanol–water partition coefficient (Wildman–Crippen LogP) is 6.03. The Hall–Kier alpha value is -4.64. The molecule has 1 unspecified atom stereocenters. The molecule has 1 atom stereocenters. The van der Waals surface area contributed by atoms with Crippen LogP contribution in [0.15, 0.2) is 72.1 Å². The summed E-state index contributed by atoms with van der Waals surface area (Å²) in [7, 11) is 1.59. The Kier molecular flexibility index (Phi) is 9.53. The third kappa shape index (κ3) is 6.67. The number of ether oxygens (including phenoxy) is 5. The summed E-state index contributed by atoms with van der Waals surface area (Å²) in [5.41, 5.74) is 8.80. The predicted molar refractivity (Wildman–Crippen MR) is 151 cm³/mol. The maximum absolute atomic E-state index is 12.6. The van der Waals surface area contributed by atoms with Crippen LogP contribution < -0.4 is 29.4 Å². The van der Waals surface area contributed by atoms with Gasteiger partial charge in [0.05, 0.1) is 32.7 Å². The summed E-state index contributed by atoms with van der Waals surface area (Å²) in [5.74, 6) is 1.78. The lowest BCUT2D eigenvalue weighted by Crippen LogP contribution is -2.21. The van der Waals surface area contributed by atoms with E-state index in [1.54, 1.807) is 37.4 Å². The Morgan fingerprint density at radius 3 is 2.45 bits per heavy atom. The summed E-state index contributed by atoms with van der Waals surface area (Å²) in [4.78, 5) is 12.6. The number of nitrogens with two attached hydrogens (primary N) is 1. The second-order valence-electron chi connectivity index (χ2n) is 9.32. The first kappa shape index (κ1) is 28.4. The lowest BCUT2D eigenvalue weighted by atomic mass is 9.83. The number of carbonyl (C=O) groups is 1. The standard InChI is InChI=1S/C32H34N2O6/c1-4-6-7-16-38-27-15-10-22(18-29(27)37-5-2)31-25-14-13-24(19-28(25)40-32(34)26(31)20-33)39-30(35)17-21-8-11-23(36-3)12-9-21/h8-15,18-19,31H,4-7,16-17,34H2,1-3H3. The molecule has 0 amide bonds. The Morgan fingerprint density at radius 1 is 0.975 bits per heavy atom. The molecule has 8 nitrogen and oxygen atoms in total. The number of hydrogen-bond donors (Lipinski definition) is 1. The van der Waals surface area contributed by atoms with E-state index < -0.39 is 11.9 Å². The second-order valence-corrected chi connectivity index (χ2v) is 9.32. The molecule has 0 fully saturated rings. The number of methoxy groups -OCH3 is 1. The van der Waals surface area contributed by atoms with Gasteiger partial charge in [0.15, 0.2) is 11.5 Å². The minimum atomic E-state index is -0.494. The second kappa shape index (κ2) is 13.4. The lowest BCUT2D eigenvalue weighted by molar-refractivity contribution is -0.133. The number of carbonyl (C=O) groups excluding carboxylic acids is 1. The van der Waals surface area contributed by atoms with Crippen molar-refractivity contribution in [3.05, 3.63) is 88.8 Å². The summed E-state index contributed by atoms with van der Waals surface area (Å²) in [6, 6.07) is 20.2. The first-order chi connectivity index (χ1) is 19.5. The molecular weight excluding hydrogens is 508 g/mol. The Bertz CT molecular complexity index is 1410. The maximum atomic E-state index is 12.6. The summed E-state index contributed by atoms with van der Waals surface area (Å²) in [5, 5.41) is 9.96. The van der Waals surface area contributed by atoms with Crippen molar-refractivity contribution in [1.82, 2.24) is 0 Å². The number of esters is 1. The number of nitriles is 1. The van der Waals surface area contributed by atoms with E-state index in [4.69, 9.17) is 29.4 Å². The molecule has 1 aliphatic rings. The quantitative estimate of drug-likeness (QED) is 0.168. The molecule has 0 aliphatic carbocycles. The van der Waals surface area contributed by atoms with Crippen LogP contribution in [0.25, 0.3) is 0 Å². The monoisotopic (exact) mass is 542 g/mol. The molecule has 3 aromatic rings. The van der Waals surface area contributed by atoms with Gasteiger partial charge in [-0.05, 0) is 54.8 Å². The van der Waals surface area contributed by atoms with Crippen LogP contribution in [0.2, 0.25) is 0 Å². The van der Waals surface area contributed by atoms with E-state index in [0.29, 0.717) is 42.0 Å². The molecule has 208 valence electrons. The fourth-order valence-corrected chi connectivity index (χ4v) is 4.55. The minimum Gasteiger partial charge on any atom is -0.497 e. The SMILES string of the molecule is CCCCCOc1ccc(C2C(C#N)=C(N)Oc3cc(OC(=O)Cc4ccc(OC)cc4)ccc32)cc1OCC. The van der Waals surface area contributed by atoms with Gasteiger partial charge < -0.3 is 29.4 Å². The number of fused-ring (bicyclic) bond motifs is 1. The molecule has 0 radical (unpaired) electrons. The summed E-state index contributed by atoms with van der Waals surface area (Å²) in [6.07, 6.45) is 3.26. The molecule has 40 heavy (non-hydrogen) atoms. The van der Waals surface area contributed by atoms with Crippen LogP contribution in [0.1, 0.15) is 55.7 Å². The molecule has 0 aromatic heterocycles. The number of allylic oxidation sites excluding steroid dienone is 1. The van der Waals surface area contributed by atoms with Gasteiger partial charge in [-0.1, -0.05) is 44.0 Å². The highest BCUT2D eigenvalue weighted by Crippen LogP contribution is 2.45. The van der Waals surface area contributed by atoms with Crippen LogP contribution in [0, 0.1) is 11.3 Å². The number of hydrogen-bond acceptors (Lipinski definition) is 8. The topological polar surface area (TPSA) is 113 Å². The highest BCUT2D eigenvalue weighted by atomic mass is 16.5. The van der Waals surface area contributed by atoms with E-state index in [2.05, 4.69) is 13.0 Å². The molecule has 1 aliphatic heterocycles. The average Bonchev–Trinajstić information content (AvgIpc) is 2.95. The molecule has 0 spiro atoms. The molecule has 3 aromatic carbocycles.